The average molecular weight is 265 g/mol. The van der Waals surface area contributed by atoms with Gasteiger partial charge in [0.15, 0.2) is 0 Å². The van der Waals surface area contributed by atoms with E-state index in [0.717, 1.165) is 25.7 Å². The molecule has 1 aliphatic rings. The first-order valence-electron chi connectivity index (χ1n) is 6.82. The normalized spacial score (nSPS) is 18.5. The molecule has 1 aromatic heterocycles. The van der Waals surface area contributed by atoms with Crippen LogP contribution in [0.15, 0.2) is 0 Å². The SMILES string of the molecule is CC(C)(C)c1nc(C(=O)NC2(CN)CCCC2)n[nH]1. The summed E-state index contributed by atoms with van der Waals surface area (Å²) in [7, 11) is 0. The molecule has 19 heavy (non-hydrogen) atoms. The maximum absolute atomic E-state index is 12.2. The molecule has 1 saturated carbocycles. The topological polar surface area (TPSA) is 96.7 Å². The van der Waals surface area contributed by atoms with E-state index in [1.165, 1.54) is 0 Å². The number of nitrogens with two attached hydrogens (primary N) is 1. The Labute approximate surface area is 113 Å². The summed E-state index contributed by atoms with van der Waals surface area (Å²) < 4.78 is 0. The van der Waals surface area contributed by atoms with Gasteiger partial charge in [-0.25, -0.2) is 4.98 Å². The van der Waals surface area contributed by atoms with Crippen LogP contribution < -0.4 is 11.1 Å². The smallest absolute Gasteiger partial charge is 0.291 e. The zero-order chi connectivity index (χ0) is 14.1. The highest BCUT2D eigenvalue weighted by molar-refractivity contribution is 5.91. The Morgan fingerprint density at radius 1 is 1.42 bits per heavy atom. The van der Waals surface area contributed by atoms with Gasteiger partial charge in [-0.05, 0) is 12.8 Å². The molecule has 0 saturated heterocycles. The fraction of sp³-hybridized carbons (Fsp3) is 0.769. The van der Waals surface area contributed by atoms with Crippen LogP contribution in [0.5, 0.6) is 0 Å². The maximum atomic E-state index is 12.2. The van der Waals surface area contributed by atoms with Gasteiger partial charge in [-0.15, -0.1) is 5.10 Å². The summed E-state index contributed by atoms with van der Waals surface area (Å²) in [6.07, 6.45) is 4.09. The predicted molar refractivity (Wildman–Crippen MR) is 72.8 cm³/mol. The lowest BCUT2D eigenvalue weighted by Gasteiger charge is -2.27. The molecule has 4 N–H and O–H groups in total. The van der Waals surface area contributed by atoms with E-state index in [1.54, 1.807) is 0 Å². The number of carbonyl (C=O) groups is 1. The third-order valence-corrected chi connectivity index (χ3v) is 3.73. The van der Waals surface area contributed by atoms with Crippen molar-refractivity contribution < 1.29 is 4.79 Å². The Morgan fingerprint density at radius 2 is 2.05 bits per heavy atom. The van der Waals surface area contributed by atoms with E-state index in [9.17, 15) is 4.79 Å². The monoisotopic (exact) mass is 265 g/mol. The molecule has 1 fully saturated rings. The van der Waals surface area contributed by atoms with Crippen molar-refractivity contribution in [3.8, 4) is 0 Å². The number of carbonyl (C=O) groups excluding carboxylic acids is 1. The maximum Gasteiger partial charge on any atom is 0.291 e. The minimum Gasteiger partial charge on any atom is -0.343 e. The highest BCUT2D eigenvalue weighted by Crippen LogP contribution is 2.28. The van der Waals surface area contributed by atoms with E-state index in [2.05, 4.69) is 20.5 Å². The van der Waals surface area contributed by atoms with Crippen molar-refractivity contribution >= 4 is 5.91 Å². The molecule has 6 nitrogen and oxygen atoms in total. The summed E-state index contributed by atoms with van der Waals surface area (Å²) in [6, 6.07) is 0. The van der Waals surface area contributed by atoms with E-state index in [4.69, 9.17) is 5.73 Å². The quantitative estimate of drug-likeness (QED) is 0.762. The van der Waals surface area contributed by atoms with Crippen molar-refractivity contribution in [3.63, 3.8) is 0 Å². The first-order chi connectivity index (χ1) is 8.86. The van der Waals surface area contributed by atoms with Crippen molar-refractivity contribution in [2.24, 2.45) is 5.73 Å². The molecule has 6 heteroatoms. The Kier molecular flexibility index (Phi) is 3.62. The van der Waals surface area contributed by atoms with Gasteiger partial charge >= 0.3 is 0 Å². The number of H-pyrrole nitrogens is 1. The standard InChI is InChI=1S/C13H23N5O/c1-12(2,3)11-15-9(17-18-11)10(19)16-13(8-14)6-4-5-7-13/h4-8,14H2,1-3H3,(H,16,19)(H,15,17,18). The largest absolute Gasteiger partial charge is 0.343 e. The third-order valence-electron chi connectivity index (χ3n) is 3.73. The van der Waals surface area contributed by atoms with Crippen LogP contribution in [0.2, 0.25) is 0 Å². The Morgan fingerprint density at radius 3 is 2.53 bits per heavy atom. The van der Waals surface area contributed by atoms with Crippen LogP contribution in [0, 0.1) is 0 Å². The summed E-state index contributed by atoms with van der Waals surface area (Å²) in [5.74, 6) is 0.676. The van der Waals surface area contributed by atoms with Gasteiger partial charge in [-0.1, -0.05) is 33.6 Å². The molecule has 2 rings (SSSR count). The zero-order valence-corrected chi connectivity index (χ0v) is 11.9. The van der Waals surface area contributed by atoms with Crippen LogP contribution in [-0.4, -0.2) is 33.2 Å². The molecule has 0 unspecified atom stereocenters. The molecule has 1 aliphatic carbocycles. The number of nitrogens with zero attached hydrogens (tertiary/aromatic N) is 2. The van der Waals surface area contributed by atoms with Crippen molar-refractivity contribution in [2.75, 3.05) is 6.54 Å². The number of hydrogen-bond donors (Lipinski definition) is 3. The summed E-state index contributed by atoms with van der Waals surface area (Å²) in [4.78, 5) is 16.5. The van der Waals surface area contributed by atoms with Gasteiger partial charge in [0.1, 0.15) is 5.82 Å². The van der Waals surface area contributed by atoms with Gasteiger partial charge in [-0.3, -0.25) is 9.89 Å². The van der Waals surface area contributed by atoms with Gasteiger partial charge < -0.3 is 11.1 Å². The van der Waals surface area contributed by atoms with Crippen LogP contribution in [0.25, 0.3) is 0 Å². The van der Waals surface area contributed by atoms with E-state index in [-0.39, 0.29) is 22.7 Å². The number of nitrogens with one attached hydrogen (secondary N) is 2. The van der Waals surface area contributed by atoms with Crippen molar-refractivity contribution in [3.05, 3.63) is 11.6 Å². The molecule has 0 aromatic carbocycles. The Bertz CT molecular complexity index is 454. The highest BCUT2D eigenvalue weighted by atomic mass is 16.2. The predicted octanol–water partition coefficient (Wildman–Crippen LogP) is 1.10. The lowest BCUT2D eigenvalue weighted by Crippen LogP contribution is -2.51. The lowest BCUT2D eigenvalue weighted by molar-refractivity contribution is 0.0892. The molecule has 1 amide bonds. The number of rotatable bonds is 3. The molecule has 0 spiro atoms. The summed E-state index contributed by atoms with van der Waals surface area (Å²) in [6.45, 7) is 6.53. The van der Waals surface area contributed by atoms with Crippen molar-refractivity contribution in [2.45, 2.75) is 57.4 Å². The van der Waals surface area contributed by atoms with Crippen LogP contribution in [-0.2, 0) is 5.41 Å². The molecule has 1 heterocycles. The van der Waals surface area contributed by atoms with E-state index >= 15 is 0 Å². The first kappa shape index (κ1) is 14.0. The number of hydrogen-bond acceptors (Lipinski definition) is 4. The van der Waals surface area contributed by atoms with Crippen LogP contribution in [0.4, 0.5) is 0 Å². The van der Waals surface area contributed by atoms with Crippen LogP contribution in [0.3, 0.4) is 0 Å². The molecular formula is C13H23N5O. The number of amides is 1. The highest BCUT2D eigenvalue weighted by Gasteiger charge is 2.35. The van der Waals surface area contributed by atoms with Gasteiger partial charge in [0.05, 0.1) is 5.54 Å². The molecule has 106 valence electrons. The van der Waals surface area contributed by atoms with Gasteiger partial charge in [0, 0.05) is 12.0 Å². The number of aromatic amines is 1. The van der Waals surface area contributed by atoms with Crippen molar-refractivity contribution in [1.29, 1.82) is 0 Å². The fourth-order valence-corrected chi connectivity index (χ4v) is 2.43. The molecule has 0 bridgehead atoms. The van der Waals surface area contributed by atoms with Gasteiger partial charge in [0.2, 0.25) is 5.82 Å². The van der Waals surface area contributed by atoms with Crippen LogP contribution >= 0.6 is 0 Å². The lowest BCUT2D eigenvalue weighted by atomic mass is 9.96. The average Bonchev–Trinajstić information content (AvgIpc) is 2.97. The molecule has 1 aromatic rings. The molecule has 0 aliphatic heterocycles. The van der Waals surface area contributed by atoms with Crippen molar-refractivity contribution in [1.82, 2.24) is 20.5 Å². The van der Waals surface area contributed by atoms with Gasteiger partial charge in [0.25, 0.3) is 5.91 Å². The summed E-state index contributed by atoms with van der Waals surface area (Å²) in [5.41, 5.74) is 5.39. The molecule has 0 radical (unpaired) electrons. The second-order valence-electron chi connectivity index (χ2n) is 6.40. The summed E-state index contributed by atoms with van der Waals surface area (Å²) in [5, 5.41) is 9.84. The van der Waals surface area contributed by atoms with E-state index < -0.39 is 0 Å². The van der Waals surface area contributed by atoms with Crippen LogP contribution in [0.1, 0.15) is 62.9 Å². The minimum absolute atomic E-state index is 0.148. The van der Waals surface area contributed by atoms with E-state index in [0.29, 0.717) is 12.4 Å². The van der Waals surface area contributed by atoms with Gasteiger partial charge in [-0.2, -0.15) is 0 Å². The minimum atomic E-state index is -0.264. The fourth-order valence-electron chi connectivity index (χ4n) is 2.43. The Balaban J connectivity index is 2.10. The number of aromatic nitrogens is 3. The summed E-state index contributed by atoms with van der Waals surface area (Å²) >= 11 is 0. The second kappa shape index (κ2) is 4.92. The van der Waals surface area contributed by atoms with E-state index in [1.807, 2.05) is 20.8 Å². The second-order valence-corrected chi connectivity index (χ2v) is 6.40. The Hall–Kier alpha value is -1.43. The third kappa shape index (κ3) is 2.94. The molecular weight excluding hydrogens is 242 g/mol. The zero-order valence-electron chi connectivity index (χ0n) is 11.9. The first-order valence-corrected chi connectivity index (χ1v) is 6.82. The molecule has 0 atom stereocenters.